The maximum Gasteiger partial charge on any atom is 0.296 e. The van der Waals surface area contributed by atoms with Crippen LogP contribution in [0.1, 0.15) is 11.1 Å². The SMILES string of the molecule is COc1ccc(NC(=O)CN(C)c2ccc(C)cc2C)c([N+](=O)[O-])c1. The first-order chi connectivity index (χ1) is 11.8. The zero-order valence-corrected chi connectivity index (χ0v) is 14.7. The molecule has 0 aromatic heterocycles. The number of nitrogens with zero attached hydrogens (tertiary/aromatic N) is 2. The summed E-state index contributed by atoms with van der Waals surface area (Å²) in [5.41, 5.74) is 3.08. The van der Waals surface area contributed by atoms with Crippen molar-refractivity contribution in [2.75, 3.05) is 30.9 Å². The molecule has 2 aromatic rings. The molecule has 0 fully saturated rings. The van der Waals surface area contributed by atoms with Gasteiger partial charge in [0.15, 0.2) is 0 Å². The monoisotopic (exact) mass is 343 g/mol. The molecular weight excluding hydrogens is 322 g/mol. The van der Waals surface area contributed by atoms with E-state index in [2.05, 4.69) is 5.32 Å². The van der Waals surface area contributed by atoms with Crippen LogP contribution in [0.2, 0.25) is 0 Å². The Kier molecular flexibility index (Phi) is 5.59. The van der Waals surface area contributed by atoms with Crippen LogP contribution >= 0.6 is 0 Å². The highest BCUT2D eigenvalue weighted by Gasteiger charge is 2.18. The summed E-state index contributed by atoms with van der Waals surface area (Å²) >= 11 is 0. The van der Waals surface area contributed by atoms with Gasteiger partial charge in [-0.3, -0.25) is 14.9 Å². The van der Waals surface area contributed by atoms with E-state index in [1.54, 1.807) is 18.0 Å². The molecule has 0 spiro atoms. The van der Waals surface area contributed by atoms with Gasteiger partial charge in [0.1, 0.15) is 11.4 Å². The van der Waals surface area contributed by atoms with Crippen molar-refractivity contribution >= 4 is 23.0 Å². The Morgan fingerprint density at radius 3 is 2.56 bits per heavy atom. The molecule has 2 aromatic carbocycles. The lowest BCUT2D eigenvalue weighted by atomic mass is 10.1. The largest absolute Gasteiger partial charge is 0.496 e. The second kappa shape index (κ2) is 7.65. The van der Waals surface area contributed by atoms with E-state index < -0.39 is 4.92 Å². The standard InChI is InChI=1S/C18H21N3O4/c1-12-5-8-16(13(2)9-12)20(3)11-18(22)19-15-7-6-14(25-4)10-17(15)21(23)24/h5-10H,11H2,1-4H3,(H,19,22). The molecule has 0 aliphatic carbocycles. The number of amides is 1. The fourth-order valence-corrected chi connectivity index (χ4v) is 2.62. The molecule has 0 saturated heterocycles. The first kappa shape index (κ1) is 18.3. The molecule has 7 heteroatoms. The van der Waals surface area contributed by atoms with Crippen LogP contribution in [0.4, 0.5) is 17.1 Å². The maximum atomic E-state index is 12.3. The molecule has 0 saturated carbocycles. The van der Waals surface area contributed by atoms with Crippen LogP contribution in [0.5, 0.6) is 5.75 Å². The van der Waals surface area contributed by atoms with E-state index >= 15 is 0 Å². The molecule has 0 bridgehead atoms. The molecule has 0 unspecified atom stereocenters. The molecule has 0 heterocycles. The number of carbonyl (C=O) groups excluding carboxylic acids is 1. The third-order valence-electron chi connectivity index (χ3n) is 3.82. The highest BCUT2D eigenvalue weighted by molar-refractivity contribution is 5.96. The Bertz CT molecular complexity index is 805. The quantitative estimate of drug-likeness (QED) is 0.642. The van der Waals surface area contributed by atoms with E-state index in [0.29, 0.717) is 5.75 Å². The molecule has 0 radical (unpaired) electrons. The number of hydrogen-bond acceptors (Lipinski definition) is 5. The number of likely N-dealkylation sites (N-methyl/N-ethyl adjacent to an activating group) is 1. The van der Waals surface area contributed by atoms with Crippen molar-refractivity contribution in [1.82, 2.24) is 0 Å². The number of ether oxygens (including phenoxy) is 1. The summed E-state index contributed by atoms with van der Waals surface area (Å²) < 4.78 is 4.98. The van der Waals surface area contributed by atoms with Crippen molar-refractivity contribution in [3.63, 3.8) is 0 Å². The number of rotatable bonds is 6. The van der Waals surface area contributed by atoms with Crippen LogP contribution in [0.15, 0.2) is 36.4 Å². The molecule has 0 aliphatic rings. The van der Waals surface area contributed by atoms with Crippen LogP contribution in [0.25, 0.3) is 0 Å². The molecule has 1 amide bonds. The Morgan fingerprint density at radius 2 is 1.96 bits per heavy atom. The Morgan fingerprint density at radius 1 is 1.24 bits per heavy atom. The van der Waals surface area contributed by atoms with Crippen LogP contribution in [-0.2, 0) is 4.79 Å². The number of hydrogen-bond donors (Lipinski definition) is 1. The van der Waals surface area contributed by atoms with Crippen molar-refractivity contribution in [2.24, 2.45) is 0 Å². The summed E-state index contributed by atoms with van der Waals surface area (Å²) in [6.07, 6.45) is 0. The van der Waals surface area contributed by atoms with E-state index in [1.807, 2.05) is 32.0 Å². The van der Waals surface area contributed by atoms with Gasteiger partial charge in [-0.05, 0) is 37.6 Å². The van der Waals surface area contributed by atoms with Crippen LogP contribution in [-0.4, -0.2) is 31.5 Å². The summed E-state index contributed by atoms with van der Waals surface area (Å²) in [7, 11) is 3.23. The number of methoxy groups -OCH3 is 1. The van der Waals surface area contributed by atoms with Crippen LogP contribution < -0.4 is 15.0 Å². The fourth-order valence-electron chi connectivity index (χ4n) is 2.62. The predicted octanol–water partition coefficient (Wildman–Crippen LogP) is 3.30. The molecule has 132 valence electrons. The minimum absolute atomic E-state index is 0.0765. The van der Waals surface area contributed by atoms with E-state index in [9.17, 15) is 14.9 Å². The Hall–Kier alpha value is -3.09. The Labute approximate surface area is 146 Å². The number of aryl methyl sites for hydroxylation is 2. The van der Waals surface area contributed by atoms with Gasteiger partial charge in [0.2, 0.25) is 5.91 Å². The van der Waals surface area contributed by atoms with Crippen molar-refractivity contribution in [1.29, 1.82) is 0 Å². The van der Waals surface area contributed by atoms with Crippen molar-refractivity contribution in [2.45, 2.75) is 13.8 Å². The number of carbonyl (C=O) groups is 1. The normalized spacial score (nSPS) is 10.2. The number of nitrogens with one attached hydrogen (secondary N) is 1. The highest BCUT2D eigenvalue weighted by Crippen LogP contribution is 2.29. The first-order valence-electron chi connectivity index (χ1n) is 7.72. The van der Waals surface area contributed by atoms with Crippen molar-refractivity contribution < 1.29 is 14.5 Å². The molecule has 0 atom stereocenters. The first-order valence-corrected chi connectivity index (χ1v) is 7.72. The van der Waals surface area contributed by atoms with E-state index in [0.717, 1.165) is 16.8 Å². The zero-order valence-electron chi connectivity index (χ0n) is 14.7. The summed E-state index contributed by atoms with van der Waals surface area (Å²) in [6.45, 7) is 4.06. The topological polar surface area (TPSA) is 84.7 Å². The third kappa shape index (κ3) is 4.47. The third-order valence-corrected chi connectivity index (χ3v) is 3.82. The molecule has 7 nitrogen and oxygen atoms in total. The number of nitro groups is 1. The van der Waals surface area contributed by atoms with Gasteiger partial charge in [-0.2, -0.15) is 0 Å². The lowest BCUT2D eigenvalue weighted by Gasteiger charge is -2.21. The fraction of sp³-hybridized carbons (Fsp3) is 0.278. The molecule has 2 rings (SSSR count). The molecular formula is C18H21N3O4. The number of anilines is 2. The average Bonchev–Trinajstić information content (AvgIpc) is 2.54. The zero-order chi connectivity index (χ0) is 18.6. The molecule has 1 N–H and O–H groups in total. The number of nitro benzene ring substituents is 1. The van der Waals surface area contributed by atoms with Gasteiger partial charge in [-0.25, -0.2) is 0 Å². The Balaban J connectivity index is 2.13. The van der Waals surface area contributed by atoms with Crippen molar-refractivity contribution in [3.8, 4) is 5.75 Å². The minimum atomic E-state index is -0.550. The lowest BCUT2D eigenvalue weighted by Crippen LogP contribution is -2.30. The van der Waals surface area contributed by atoms with E-state index in [1.165, 1.54) is 19.2 Å². The summed E-state index contributed by atoms with van der Waals surface area (Å²) in [6, 6.07) is 10.3. The van der Waals surface area contributed by atoms with Gasteiger partial charge in [-0.1, -0.05) is 17.7 Å². The second-order valence-corrected chi connectivity index (χ2v) is 5.83. The predicted molar refractivity (Wildman–Crippen MR) is 97.5 cm³/mol. The van der Waals surface area contributed by atoms with Gasteiger partial charge < -0.3 is 15.0 Å². The number of benzene rings is 2. The highest BCUT2D eigenvalue weighted by atomic mass is 16.6. The van der Waals surface area contributed by atoms with Crippen LogP contribution in [0, 0.1) is 24.0 Å². The smallest absolute Gasteiger partial charge is 0.296 e. The van der Waals surface area contributed by atoms with Gasteiger partial charge in [0, 0.05) is 12.7 Å². The lowest BCUT2D eigenvalue weighted by molar-refractivity contribution is -0.384. The summed E-state index contributed by atoms with van der Waals surface area (Å²) in [5, 5.41) is 13.8. The van der Waals surface area contributed by atoms with Gasteiger partial charge >= 0.3 is 0 Å². The van der Waals surface area contributed by atoms with Crippen molar-refractivity contribution in [3.05, 3.63) is 57.6 Å². The van der Waals surface area contributed by atoms with E-state index in [-0.39, 0.29) is 23.8 Å². The molecule has 0 aliphatic heterocycles. The minimum Gasteiger partial charge on any atom is -0.496 e. The van der Waals surface area contributed by atoms with Crippen LogP contribution in [0.3, 0.4) is 0 Å². The van der Waals surface area contributed by atoms with Gasteiger partial charge in [0.05, 0.1) is 24.6 Å². The van der Waals surface area contributed by atoms with Gasteiger partial charge in [-0.15, -0.1) is 0 Å². The second-order valence-electron chi connectivity index (χ2n) is 5.83. The summed E-state index contributed by atoms with van der Waals surface area (Å²) in [4.78, 5) is 24.7. The summed E-state index contributed by atoms with van der Waals surface area (Å²) in [5.74, 6) is 0.0211. The maximum absolute atomic E-state index is 12.3. The van der Waals surface area contributed by atoms with E-state index in [4.69, 9.17) is 4.74 Å². The molecule has 25 heavy (non-hydrogen) atoms. The van der Waals surface area contributed by atoms with Gasteiger partial charge in [0.25, 0.3) is 5.69 Å². The average molecular weight is 343 g/mol.